The van der Waals surface area contributed by atoms with Crippen molar-refractivity contribution in [3.8, 4) is 5.75 Å². The van der Waals surface area contributed by atoms with Crippen LogP contribution in [0.5, 0.6) is 5.75 Å². The maximum Gasteiger partial charge on any atom is 0.340 e. The summed E-state index contributed by atoms with van der Waals surface area (Å²) in [5.74, 6) is -0.975. The first-order chi connectivity index (χ1) is 10.8. The SMILES string of the molecule is CCc1cc(C(O)(CC)C(=O)O)cc(C2(C)CCCCC2)c1O. The van der Waals surface area contributed by atoms with Crippen molar-refractivity contribution in [1.29, 1.82) is 0 Å². The van der Waals surface area contributed by atoms with E-state index in [-0.39, 0.29) is 17.6 Å². The number of aromatic hydroxyl groups is 1. The third kappa shape index (κ3) is 3.09. The predicted molar refractivity (Wildman–Crippen MR) is 89.7 cm³/mol. The monoisotopic (exact) mass is 320 g/mol. The highest BCUT2D eigenvalue weighted by atomic mass is 16.4. The summed E-state index contributed by atoms with van der Waals surface area (Å²) in [6.07, 6.45) is 6.06. The van der Waals surface area contributed by atoms with E-state index in [2.05, 4.69) is 6.92 Å². The fourth-order valence-electron chi connectivity index (χ4n) is 3.74. The van der Waals surface area contributed by atoms with Crippen molar-refractivity contribution >= 4 is 5.97 Å². The molecule has 0 spiro atoms. The van der Waals surface area contributed by atoms with Gasteiger partial charge < -0.3 is 15.3 Å². The molecule has 3 N–H and O–H groups in total. The molecule has 0 heterocycles. The highest BCUT2D eigenvalue weighted by Gasteiger charge is 2.39. The zero-order valence-electron chi connectivity index (χ0n) is 14.4. The predicted octanol–water partition coefficient (Wildman–Crippen LogP) is 3.86. The Kier molecular flexibility index (Phi) is 5.04. The van der Waals surface area contributed by atoms with E-state index < -0.39 is 11.6 Å². The van der Waals surface area contributed by atoms with Crippen LogP contribution in [0.15, 0.2) is 12.1 Å². The topological polar surface area (TPSA) is 77.8 Å². The van der Waals surface area contributed by atoms with Gasteiger partial charge in [0.2, 0.25) is 0 Å². The summed E-state index contributed by atoms with van der Waals surface area (Å²) in [6, 6.07) is 3.36. The first-order valence-corrected chi connectivity index (χ1v) is 8.61. The van der Waals surface area contributed by atoms with E-state index in [1.165, 1.54) is 6.42 Å². The minimum atomic E-state index is -1.91. The zero-order chi connectivity index (χ0) is 17.3. The van der Waals surface area contributed by atoms with E-state index in [0.717, 1.165) is 31.2 Å². The van der Waals surface area contributed by atoms with Crippen molar-refractivity contribution in [2.24, 2.45) is 0 Å². The van der Waals surface area contributed by atoms with Crippen molar-refractivity contribution in [3.63, 3.8) is 0 Å². The van der Waals surface area contributed by atoms with E-state index >= 15 is 0 Å². The van der Waals surface area contributed by atoms with Gasteiger partial charge in [0.15, 0.2) is 5.60 Å². The molecular formula is C19H28O4. The number of hydrogen-bond acceptors (Lipinski definition) is 3. The van der Waals surface area contributed by atoms with Gasteiger partial charge in [-0.1, -0.05) is 40.0 Å². The second-order valence-electron chi connectivity index (χ2n) is 7.03. The number of rotatable bonds is 5. The molecule has 0 aromatic heterocycles. The Morgan fingerprint density at radius 2 is 1.83 bits per heavy atom. The van der Waals surface area contributed by atoms with Gasteiger partial charge in [-0.15, -0.1) is 0 Å². The van der Waals surface area contributed by atoms with Crippen LogP contribution in [0.4, 0.5) is 0 Å². The van der Waals surface area contributed by atoms with Crippen molar-refractivity contribution in [3.05, 3.63) is 28.8 Å². The summed E-state index contributed by atoms with van der Waals surface area (Å²) in [5, 5.41) is 30.8. The lowest BCUT2D eigenvalue weighted by molar-refractivity contribution is -0.160. The summed E-state index contributed by atoms with van der Waals surface area (Å²) in [7, 11) is 0. The standard InChI is InChI=1S/C19H28O4/c1-4-13-11-14(19(23,5-2)17(21)22)12-15(16(13)20)18(3)9-7-6-8-10-18/h11-12,20,23H,4-10H2,1-3H3,(H,21,22). The van der Waals surface area contributed by atoms with E-state index in [4.69, 9.17) is 0 Å². The molecule has 1 aliphatic rings. The molecule has 1 saturated carbocycles. The quantitative estimate of drug-likeness (QED) is 0.770. The van der Waals surface area contributed by atoms with Gasteiger partial charge >= 0.3 is 5.97 Å². The number of phenolic OH excluding ortho intramolecular Hbond substituents is 1. The Bertz CT molecular complexity index is 587. The van der Waals surface area contributed by atoms with Gasteiger partial charge in [0.25, 0.3) is 0 Å². The fraction of sp³-hybridized carbons (Fsp3) is 0.632. The molecule has 0 radical (unpaired) electrons. The first-order valence-electron chi connectivity index (χ1n) is 8.61. The highest BCUT2D eigenvalue weighted by molar-refractivity contribution is 5.79. The third-order valence-electron chi connectivity index (χ3n) is 5.52. The van der Waals surface area contributed by atoms with Gasteiger partial charge in [-0.3, -0.25) is 0 Å². The number of aliphatic hydroxyl groups is 1. The molecule has 128 valence electrons. The molecule has 0 aliphatic heterocycles. The zero-order valence-corrected chi connectivity index (χ0v) is 14.4. The molecule has 4 nitrogen and oxygen atoms in total. The molecule has 1 aromatic rings. The lowest BCUT2D eigenvalue weighted by Gasteiger charge is -2.36. The van der Waals surface area contributed by atoms with Crippen LogP contribution < -0.4 is 0 Å². The normalized spacial score (nSPS) is 20.0. The van der Waals surface area contributed by atoms with Crippen molar-refractivity contribution in [2.45, 2.75) is 76.7 Å². The number of carboxylic acids is 1. The van der Waals surface area contributed by atoms with Crippen LogP contribution in [-0.4, -0.2) is 21.3 Å². The maximum atomic E-state index is 11.6. The van der Waals surface area contributed by atoms with E-state index in [0.29, 0.717) is 17.5 Å². The van der Waals surface area contributed by atoms with Crippen LogP contribution in [0.2, 0.25) is 0 Å². The summed E-state index contributed by atoms with van der Waals surface area (Å²) >= 11 is 0. The van der Waals surface area contributed by atoms with Gasteiger partial charge in [-0.25, -0.2) is 4.79 Å². The van der Waals surface area contributed by atoms with Crippen LogP contribution in [0.25, 0.3) is 0 Å². The number of aliphatic carboxylic acids is 1. The summed E-state index contributed by atoms with van der Waals surface area (Å²) < 4.78 is 0. The smallest absolute Gasteiger partial charge is 0.340 e. The highest BCUT2D eigenvalue weighted by Crippen LogP contribution is 2.45. The van der Waals surface area contributed by atoms with Crippen molar-refractivity contribution in [1.82, 2.24) is 0 Å². The number of hydrogen-bond donors (Lipinski definition) is 3. The molecule has 1 atom stereocenters. The average Bonchev–Trinajstić information content (AvgIpc) is 2.54. The Morgan fingerprint density at radius 1 is 1.22 bits per heavy atom. The summed E-state index contributed by atoms with van der Waals surface area (Å²) in [4.78, 5) is 11.6. The van der Waals surface area contributed by atoms with E-state index in [9.17, 15) is 20.1 Å². The second kappa shape index (κ2) is 6.52. The summed E-state index contributed by atoms with van der Waals surface area (Å²) in [5.41, 5.74) is -0.187. The van der Waals surface area contributed by atoms with Crippen LogP contribution in [-0.2, 0) is 22.2 Å². The molecule has 1 aliphatic carbocycles. The molecule has 0 bridgehead atoms. The number of benzene rings is 1. The largest absolute Gasteiger partial charge is 0.507 e. The fourth-order valence-corrected chi connectivity index (χ4v) is 3.74. The molecule has 4 heteroatoms. The van der Waals surface area contributed by atoms with Gasteiger partial charge in [0.1, 0.15) is 5.75 Å². The van der Waals surface area contributed by atoms with Gasteiger partial charge in [-0.2, -0.15) is 0 Å². The Hall–Kier alpha value is -1.55. The van der Waals surface area contributed by atoms with Gasteiger partial charge in [0, 0.05) is 5.56 Å². The Balaban J connectivity index is 2.63. The lowest BCUT2D eigenvalue weighted by Crippen LogP contribution is -2.35. The van der Waals surface area contributed by atoms with E-state index in [1.54, 1.807) is 19.1 Å². The van der Waals surface area contributed by atoms with Crippen LogP contribution in [0, 0.1) is 0 Å². The molecule has 0 saturated heterocycles. The minimum Gasteiger partial charge on any atom is -0.507 e. The molecule has 23 heavy (non-hydrogen) atoms. The van der Waals surface area contributed by atoms with Gasteiger partial charge in [-0.05, 0) is 54.4 Å². The molecule has 1 fully saturated rings. The molecule has 2 rings (SSSR count). The minimum absolute atomic E-state index is 0.0897. The molecule has 1 aromatic carbocycles. The third-order valence-corrected chi connectivity index (χ3v) is 5.52. The maximum absolute atomic E-state index is 11.6. The molecular weight excluding hydrogens is 292 g/mol. The molecule has 0 amide bonds. The van der Waals surface area contributed by atoms with E-state index in [1.807, 2.05) is 6.92 Å². The number of phenols is 1. The number of aryl methyl sites for hydroxylation is 1. The van der Waals surface area contributed by atoms with Gasteiger partial charge in [0.05, 0.1) is 0 Å². The van der Waals surface area contributed by atoms with Crippen LogP contribution in [0.3, 0.4) is 0 Å². The van der Waals surface area contributed by atoms with Crippen LogP contribution in [0.1, 0.15) is 76.0 Å². The summed E-state index contributed by atoms with van der Waals surface area (Å²) in [6.45, 7) is 5.72. The lowest BCUT2D eigenvalue weighted by atomic mass is 9.69. The Morgan fingerprint density at radius 3 is 2.30 bits per heavy atom. The van der Waals surface area contributed by atoms with Crippen molar-refractivity contribution < 1.29 is 20.1 Å². The van der Waals surface area contributed by atoms with Crippen LogP contribution >= 0.6 is 0 Å². The first kappa shape index (κ1) is 17.8. The average molecular weight is 320 g/mol. The molecule has 1 unspecified atom stereocenters. The Labute approximate surface area is 138 Å². The number of carboxylic acid groups (broad SMARTS) is 1. The second-order valence-corrected chi connectivity index (χ2v) is 7.03. The van der Waals surface area contributed by atoms with Crippen molar-refractivity contribution in [2.75, 3.05) is 0 Å². The number of carbonyl (C=O) groups is 1.